The zero-order valence-corrected chi connectivity index (χ0v) is 20.3. The van der Waals surface area contributed by atoms with E-state index in [1.807, 2.05) is 30.3 Å². The highest BCUT2D eigenvalue weighted by Gasteiger charge is 2.31. The molecule has 0 atom stereocenters. The molecule has 4 aromatic rings. The molecule has 8 nitrogen and oxygen atoms in total. The van der Waals surface area contributed by atoms with Gasteiger partial charge in [0.25, 0.3) is 5.56 Å². The molecule has 0 aromatic carbocycles. The van der Waals surface area contributed by atoms with Crippen LogP contribution in [-0.4, -0.2) is 36.8 Å². The molecular formula is C24H24ClN5O3S. The SMILES string of the molecule is CC(C)(CO)C(=O)c1cc(NCc2ccc(Cl)s2)n(-c2cccn(Cc3ccccn3)c2=O)n1. The van der Waals surface area contributed by atoms with Gasteiger partial charge in [-0.05, 0) is 36.4 Å². The molecule has 0 aliphatic carbocycles. The van der Waals surface area contributed by atoms with E-state index < -0.39 is 5.41 Å². The molecule has 4 rings (SSSR count). The lowest BCUT2D eigenvalue weighted by molar-refractivity contribution is 0.0720. The van der Waals surface area contributed by atoms with Crippen molar-refractivity contribution in [3.05, 3.63) is 91.9 Å². The second-order valence-electron chi connectivity index (χ2n) is 8.40. The quantitative estimate of drug-likeness (QED) is 0.339. The van der Waals surface area contributed by atoms with Gasteiger partial charge in [0.1, 0.15) is 17.2 Å². The fourth-order valence-corrected chi connectivity index (χ4v) is 4.35. The molecule has 176 valence electrons. The molecule has 0 spiro atoms. The van der Waals surface area contributed by atoms with Gasteiger partial charge >= 0.3 is 0 Å². The van der Waals surface area contributed by atoms with Crippen LogP contribution in [-0.2, 0) is 13.1 Å². The number of hydrogen-bond acceptors (Lipinski definition) is 7. The Labute approximate surface area is 205 Å². The molecule has 34 heavy (non-hydrogen) atoms. The molecule has 0 saturated carbocycles. The maximum absolute atomic E-state index is 13.3. The summed E-state index contributed by atoms with van der Waals surface area (Å²) < 4.78 is 3.65. The first-order valence-electron chi connectivity index (χ1n) is 10.6. The number of hydrogen-bond donors (Lipinski definition) is 2. The third-order valence-electron chi connectivity index (χ3n) is 5.31. The highest BCUT2D eigenvalue weighted by molar-refractivity contribution is 7.16. The van der Waals surface area contributed by atoms with Gasteiger partial charge in [-0.2, -0.15) is 5.10 Å². The average Bonchev–Trinajstić information content (AvgIpc) is 3.45. The number of rotatable bonds is 9. The van der Waals surface area contributed by atoms with Crippen molar-refractivity contribution in [3.63, 3.8) is 0 Å². The molecule has 0 aliphatic heterocycles. The Kier molecular flexibility index (Phi) is 6.97. The van der Waals surface area contributed by atoms with Crippen LogP contribution in [0.15, 0.2) is 65.7 Å². The second kappa shape index (κ2) is 9.92. The smallest absolute Gasteiger partial charge is 0.276 e. The lowest BCUT2D eigenvalue weighted by Gasteiger charge is -2.17. The van der Waals surface area contributed by atoms with Gasteiger partial charge in [-0.3, -0.25) is 14.6 Å². The summed E-state index contributed by atoms with van der Waals surface area (Å²) in [6, 6.07) is 14.3. The molecule has 0 fully saturated rings. The largest absolute Gasteiger partial charge is 0.395 e. The topological polar surface area (TPSA) is 102 Å². The fraction of sp³-hybridized carbons (Fsp3) is 0.250. The van der Waals surface area contributed by atoms with Gasteiger partial charge in [0, 0.05) is 23.3 Å². The molecule has 0 radical (unpaired) electrons. The summed E-state index contributed by atoms with van der Waals surface area (Å²) in [4.78, 5) is 31.6. The third-order valence-corrected chi connectivity index (χ3v) is 6.54. The van der Waals surface area contributed by atoms with Crippen LogP contribution in [0.25, 0.3) is 5.69 Å². The molecule has 2 N–H and O–H groups in total. The van der Waals surface area contributed by atoms with Crippen LogP contribution in [0.2, 0.25) is 4.34 Å². The predicted molar refractivity (Wildman–Crippen MR) is 133 cm³/mol. The van der Waals surface area contributed by atoms with Gasteiger partial charge in [-0.25, -0.2) is 4.68 Å². The average molecular weight is 498 g/mol. The van der Waals surface area contributed by atoms with Gasteiger partial charge in [0.05, 0.1) is 35.1 Å². The zero-order chi connectivity index (χ0) is 24.3. The number of aliphatic hydroxyl groups excluding tert-OH is 1. The second-order valence-corrected chi connectivity index (χ2v) is 10.2. The zero-order valence-electron chi connectivity index (χ0n) is 18.7. The number of carbonyl (C=O) groups excluding carboxylic acids is 1. The standard InChI is InChI=1S/C24H24ClN5O3S/c1-24(2,15-31)22(32)18-12-21(27-13-17-8-9-20(25)34-17)30(28-18)19-7-5-11-29(23(19)33)14-16-6-3-4-10-26-16/h3-12,27,31H,13-15H2,1-2H3. The summed E-state index contributed by atoms with van der Waals surface area (Å²) in [7, 11) is 0. The summed E-state index contributed by atoms with van der Waals surface area (Å²) in [6.45, 7) is 3.72. The molecule has 0 bridgehead atoms. The van der Waals surface area contributed by atoms with E-state index in [1.165, 1.54) is 16.0 Å². The minimum atomic E-state index is -1.01. The molecule has 4 heterocycles. The van der Waals surface area contributed by atoms with Crippen molar-refractivity contribution in [1.29, 1.82) is 0 Å². The van der Waals surface area contributed by atoms with Gasteiger partial charge < -0.3 is 15.0 Å². The summed E-state index contributed by atoms with van der Waals surface area (Å²) in [5, 5.41) is 17.4. The summed E-state index contributed by atoms with van der Waals surface area (Å²) in [5.74, 6) is 0.162. The minimum Gasteiger partial charge on any atom is -0.395 e. The van der Waals surface area contributed by atoms with Gasteiger partial charge in [0.2, 0.25) is 0 Å². The van der Waals surface area contributed by atoms with E-state index in [4.69, 9.17) is 11.6 Å². The molecule has 4 aromatic heterocycles. The minimum absolute atomic E-state index is 0.158. The number of anilines is 1. The van der Waals surface area contributed by atoms with E-state index in [0.29, 0.717) is 23.2 Å². The number of Topliss-reactive ketones (excluding diaryl/α,β-unsaturated/α-hetero) is 1. The number of aliphatic hydroxyl groups is 1. The molecule has 10 heteroatoms. The van der Waals surface area contributed by atoms with Crippen molar-refractivity contribution in [2.75, 3.05) is 11.9 Å². The van der Waals surface area contributed by atoms with Crippen molar-refractivity contribution in [2.45, 2.75) is 26.9 Å². The van der Waals surface area contributed by atoms with E-state index in [0.717, 1.165) is 10.6 Å². The normalized spacial score (nSPS) is 11.5. The maximum atomic E-state index is 13.3. The molecule has 0 unspecified atom stereocenters. The van der Waals surface area contributed by atoms with Gasteiger partial charge in [-0.15, -0.1) is 11.3 Å². The van der Waals surface area contributed by atoms with Gasteiger partial charge in [0.15, 0.2) is 5.78 Å². The first kappa shape index (κ1) is 23.9. The first-order valence-corrected chi connectivity index (χ1v) is 11.8. The molecule has 0 saturated heterocycles. The number of nitrogens with one attached hydrogen (secondary N) is 1. The van der Waals surface area contributed by atoms with Crippen LogP contribution in [0.3, 0.4) is 0 Å². The molecular weight excluding hydrogens is 474 g/mol. The number of ketones is 1. The van der Waals surface area contributed by atoms with E-state index in [1.54, 1.807) is 49.0 Å². The first-order chi connectivity index (χ1) is 16.3. The van der Waals surface area contributed by atoms with Crippen LogP contribution >= 0.6 is 22.9 Å². The Balaban J connectivity index is 1.74. The Morgan fingerprint density at radius 1 is 1.21 bits per heavy atom. The highest BCUT2D eigenvalue weighted by Crippen LogP contribution is 2.26. The van der Waals surface area contributed by atoms with Crippen molar-refractivity contribution >= 4 is 34.5 Å². The van der Waals surface area contributed by atoms with E-state index in [-0.39, 0.29) is 29.3 Å². The third kappa shape index (κ3) is 5.11. The number of carbonyl (C=O) groups is 1. The van der Waals surface area contributed by atoms with Crippen molar-refractivity contribution < 1.29 is 9.90 Å². The Bertz CT molecular complexity index is 1360. The summed E-state index contributed by atoms with van der Waals surface area (Å²) in [5.41, 5.74) is -0.0981. The van der Waals surface area contributed by atoms with Crippen LogP contribution < -0.4 is 10.9 Å². The van der Waals surface area contributed by atoms with E-state index in [2.05, 4.69) is 15.4 Å². The van der Waals surface area contributed by atoms with Crippen LogP contribution in [0, 0.1) is 5.41 Å². The summed E-state index contributed by atoms with van der Waals surface area (Å²) >= 11 is 7.48. The molecule has 0 aliphatic rings. The van der Waals surface area contributed by atoms with Crippen molar-refractivity contribution in [3.8, 4) is 5.69 Å². The van der Waals surface area contributed by atoms with Gasteiger partial charge in [-0.1, -0.05) is 31.5 Å². The number of aromatic nitrogens is 4. The van der Waals surface area contributed by atoms with E-state index in [9.17, 15) is 14.7 Å². The maximum Gasteiger partial charge on any atom is 0.276 e. The number of halogens is 1. The highest BCUT2D eigenvalue weighted by atomic mass is 35.5. The predicted octanol–water partition coefficient (Wildman–Crippen LogP) is 4.01. The van der Waals surface area contributed by atoms with Crippen LogP contribution in [0.5, 0.6) is 0 Å². The Morgan fingerprint density at radius 3 is 2.71 bits per heavy atom. The number of thiophene rings is 1. The van der Waals surface area contributed by atoms with Crippen LogP contribution in [0.1, 0.15) is 34.9 Å². The van der Waals surface area contributed by atoms with Crippen molar-refractivity contribution in [1.82, 2.24) is 19.3 Å². The van der Waals surface area contributed by atoms with E-state index >= 15 is 0 Å². The Hall–Kier alpha value is -3.27. The summed E-state index contributed by atoms with van der Waals surface area (Å²) in [6.07, 6.45) is 3.36. The molecule has 0 amide bonds. The number of nitrogens with zero attached hydrogens (tertiary/aromatic N) is 4. The fourth-order valence-electron chi connectivity index (χ4n) is 3.32. The van der Waals surface area contributed by atoms with Crippen molar-refractivity contribution in [2.24, 2.45) is 5.41 Å². The monoisotopic (exact) mass is 497 g/mol. The lowest BCUT2D eigenvalue weighted by atomic mass is 9.87. The van der Waals surface area contributed by atoms with Crippen LogP contribution in [0.4, 0.5) is 5.82 Å². The Morgan fingerprint density at radius 2 is 2.03 bits per heavy atom. The number of pyridine rings is 2. The lowest BCUT2D eigenvalue weighted by Crippen LogP contribution is -2.29.